The van der Waals surface area contributed by atoms with Crippen LogP contribution in [0.1, 0.15) is 43.7 Å². The lowest BCUT2D eigenvalue weighted by Gasteiger charge is -2.33. The van der Waals surface area contributed by atoms with Crippen LogP contribution >= 0.6 is 0 Å². The molecule has 5 rings (SSSR count). The van der Waals surface area contributed by atoms with Crippen molar-refractivity contribution in [3.63, 3.8) is 0 Å². The Bertz CT molecular complexity index is 2020. The van der Waals surface area contributed by atoms with Gasteiger partial charge >= 0.3 is 6.18 Å². The van der Waals surface area contributed by atoms with Crippen LogP contribution in [0.4, 0.5) is 36.1 Å². The second kappa shape index (κ2) is 17.4. The fourth-order valence-electron chi connectivity index (χ4n) is 5.70. The van der Waals surface area contributed by atoms with E-state index in [0.717, 1.165) is 36.0 Å². The number of pyridine rings is 1. The number of halogens is 3. The zero-order valence-electron chi connectivity index (χ0n) is 30.6. The molecule has 12 heteroatoms. The summed E-state index contributed by atoms with van der Waals surface area (Å²) in [5.41, 5.74) is 4.07. The van der Waals surface area contributed by atoms with Crippen LogP contribution in [0.5, 0.6) is 0 Å². The van der Waals surface area contributed by atoms with Gasteiger partial charge in [0.1, 0.15) is 5.82 Å². The van der Waals surface area contributed by atoms with Crippen molar-refractivity contribution in [1.29, 1.82) is 0 Å². The van der Waals surface area contributed by atoms with Crippen molar-refractivity contribution in [3.8, 4) is 11.8 Å². The molecular weight excluding hydrogens is 679 g/mol. The smallest absolute Gasteiger partial charge is 0.338 e. The number of hydrogen-bond acceptors (Lipinski definition) is 7. The first-order chi connectivity index (χ1) is 25.2. The standard InChI is InChI=1S/C41H44F3N7O2/c1-28-11-14-32(40(53)46-34-17-16-33(35(25-34)41(42,43)44)27-51-22-20-50(5)21-23-51)24-31(28)15-12-30-13-18-37(45-26-30)48-39-29(2)8-6-9-36(39)47-38(52)10-7-19-49(3)4/h6-11,13-14,16-18,24-26H,19-23,27H2,1-5H3,(H,45,48)(H,46,53)(H,47,52). The molecule has 4 aromatic rings. The Morgan fingerprint density at radius 1 is 0.925 bits per heavy atom. The average Bonchev–Trinajstić information content (AvgIpc) is 3.11. The zero-order chi connectivity index (χ0) is 38.1. The van der Waals surface area contributed by atoms with E-state index in [9.17, 15) is 22.8 Å². The largest absolute Gasteiger partial charge is 0.416 e. The van der Waals surface area contributed by atoms with E-state index >= 15 is 0 Å². The third kappa shape index (κ3) is 11.0. The fourth-order valence-corrected chi connectivity index (χ4v) is 5.70. The van der Waals surface area contributed by atoms with Crippen LogP contribution in [-0.4, -0.2) is 85.4 Å². The van der Waals surface area contributed by atoms with E-state index in [-0.39, 0.29) is 29.3 Å². The minimum absolute atomic E-state index is 0.0643. The number of carbonyl (C=O) groups is 2. The number of rotatable bonds is 10. The highest BCUT2D eigenvalue weighted by Gasteiger charge is 2.34. The number of likely N-dealkylation sites (N-methyl/N-ethyl adjacent to an activating group) is 2. The summed E-state index contributed by atoms with van der Waals surface area (Å²) in [5.74, 6) is 5.95. The molecule has 2 amide bonds. The monoisotopic (exact) mass is 723 g/mol. The van der Waals surface area contributed by atoms with Gasteiger partial charge in [0, 0.05) is 73.9 Å². The Kier molecular flexibility index (Phi) is 12.7. The SMILES string of the molecule is Cc1ccc(C(=O)Nc2ccc(CN3CCN(C)CC3)c(C(F)(F)F)c2)cc1C#Cc1ccc(Nc2c(C)cccc2NC(=O)C=CCN(C)C)nc1. The molecule has 0 unspecified atom stereocenters. The van der Waals surface area contributed by atoms with Gasteiger partial charge in [0.15, 0.2) is 0 Å². The molecule has 9 nitrogen and oxygen atoms in total. The summed E-state index contributed by atoms with van der Waals surface area (Å²) in [6, 6.07) is 18.2. The van der Waals surface area contributed by atoms with Gasteiger partial charge in [0.05, 0.1) is 16.9 Å². The fraction of sp³-hybridized carbons (Fsp3) is 0.293. The lowest BCUT2D eigenvalue weighted by molar-refractivity contribution is -0.138. The first-order valence-corrected chi connectivity index (χ1v) is 17.2. The van der Waals surface area contributed by atoms with Gasteiger partial charge < -0.3 is 25.8 Å². The molecule has 276 valence electrons. The van der Waals surface area contributed by atoms with Gasteiger partial charge in [0.2, 0.25) is 5.91 Å². The highest BCUT2D eigenvalue weighted by atomic mass is 19.4. The molecule has 53 heavy (non-hydrogen) atoms. The van der Waals surface area contributed by atoms with Gasteiger partial charge in [-0.25, -0.2) is 4.98 Å². The Hall–Kier alpha value is -5.48. The van der Waals surface area contributed by atoms with Crippen molar-refractivity contribution in [2.24, 2.45) is 0 Å². The summed E-state index contributed by atoms with van der Waals surface area (Å²) in [5, 5.41) is 8.84. The number of benzene rings is 3. The van der Waals surface area contributed by atoms with E-state index in [1.807, 2.05) is 63.0 Å². The number of aromatic nitrogens is 1. The zero-order valence-corrected chi connectivity index (χ0v) is 30.6. The van der Waals surface area contributed by atoms with Crippen molar-refractivity contribution in [2.75, 3.05) is 69.8 Å². The summed E-state index contributed by atoms with van der Waals surface area (Å²) in [4.78, 5) is 36.3. The van der Waals surface area contributed by atoms with Crippen LogP contribution in [0.3, 0.4) is 0 Å². The summed E-state index contributed by atoms with van der Waals surface area (Å²) in [7, 11) is 5.84. The van der Waals surface area contributed by atoms with Crippen molar-refractivity contribution >= 4 is 34.7 Å². The molecule has 3 aromatic carbocycles. The molecule has 1 aliphatic rings. The molecule has 3 N–H and O–H groups in total. The molecule has 0 saturated carbocycles. The lowest BCUT2D eigenvalue weighted by Crippen LogP contribution is -2.44. The van der Waals surface area contributed by atoms with Gasteiger partial charge in [0.25, 0.3) is 5.91 Å². The molecule has 1 aliphatic heterocycles. The topological polar surface area (TPSA) is 92.8 Å². The second-order valence-electron chi connectivity index (χ2n) is 13.4. The Labute approximate surface area is 308 Å². The number of aryl methyl sites for hydroxylation is 2. The molecular formula is C41H44F3N7O2. The molecule has 0 bridgehead atoms. The number of nitrogens with one attached hydrogen (secondary N) is 3. The van der Waals surface area contributed by atoms with Gasteiger partial charge in [-0.15, -0.1) is 0 Å². The van der Waals surface area contributed by atoms with Crippen molar-refractivity contribution in [1.82, 2.24) is 19.7 Å². The first-order valence-electron chi connectivity index (χ1n) is 17.2. The quantitative estimate of drug-likeness (QED) is 0.121. The van der Waals surface area contributed by atoms with Gasteiger partial charge in [-0.05, 0) is 94.1 Å². The van der Waals surface area contributed by atoms with Gasteiger partial charge in [-0.2, -0.15) is 13.2 Å². The van der Waals surface area contributed by atoms with Crippen LogP contribution in [0.2, 0.25) is 0 Å². The van der Waals surface area contributed by atoms with E-state index in [1.165, 1.54) is 18.2 Å². The van der Waals surface area contributed by atoms with Crippen LogP contribution < -0.4 is 16.0 Å². The van der Waals surface area contributed by atoms with E-state index in [4.69, 9.17) is 0 Å². The first kappa shape index (κ1) is 38.7. The van der Waals surface area contributed by atoms with Crippen LogP contribution in [0.15, 0.2) is 85.1 Å². The minimum Gasteiger partial charge on any atom is -0.338 e. The van der Waals surface area contributed by atoms with E-state index in [0.29, 0.717) is 42.3 Å². The van der Waals surface area contributed by atoms with Crippen molar-refractivity contribution in [3.05, 3.63) is 124 Å². The third-order valence-corrected chi connectivity index (χ3v) is 8.79. The average molecular weight is 724 g/mol. The normalized spacial score (nSPS) is 13.8. The number of para-hydroxylation sites is 1. The Balaban J connectivity index is 1.26. The van der Waals surface area contributed by atoms with Gasteiger partial charge in [-0.3, -0.25) is 14.5 Å². The number of carbonyl (C=O) groups excluding carboxylic acids is 2. The Morgan fingerprint density at radius 2 is 1.70 bits per heavy atom. The number of piperazine rings is 1. The molecule has 0 atom stereocenters. The van der Waals surface area contributed by atoms with E-state index < -0.39 is 17.6 Å². The Morgan fingerprint density at radius 3 is 2.40 bits per heavy atom. The highest BCUT2D eigenvalue weighted by molar-refractivity contribution is 6.04. The maximum absolute atomic E-state index is 14.1. The van der Waals surface area contributed by atoms with Gasteiger partial charge in [-0.1, -0.05) is 42.2 Å². The van der Waals surface area contributed by atoms with E-state index in [2.05, 4.69) is 37.7 Å². The predicted octanol–water partition coefficient (Wildman–Crippen LogP) is 6.92. The predicted molar refractivity (Wildman–Crippen MR) is 204 cm³/mol. The summed E-state index contributed by atoms with van der Waals surface area (Å²) in [6.07, 6.45) is 0.344. The molecule has 1 saturated heterocycles. The van der Waals surface area contributed by atoms with Crippen molar-refractivity contribution < 1.29 is 22.8 Å². The van der Waals surface area contributed by atoms with E-state index in [1.54, 1.807) is 42.6 Å². The molecule has 1 fully saturated rings. The van der Waals surface area contributed by atoms with Crippen molar-refractivity contribution in [2.45, 2.75) is 26.6 Å². The number of amides is 2. The highest BCUT2D eigenvalue weighted by Crippen LogP contribution is 2.35. The third-order valence-electron chi connectivity index (χ3n) is 8.79. The lowest BCUT2D eigenvalue weighted by atomic mass is 10.0. The van der Waals surface area contributed by atoms with Crippen LogP contribution in [-0.2, 0) is 17.5 Å². The maximum Gasteiger partial charge on any atom is 0.416 e. The molecule has 0 radical (unpaired) electrons. The van der Waals surface area contributed by atoms with Crippen LogP contribution in [0.25, 0.3) is 0 Å². The molecule has 2 heterocycles. The number of hydrogen-bond donors (Lipinski definition) is 3. The molecule has 0 aliphatic carbocycles. The van der Waals surface area contributed by atoms with Crippen LogP contribution in [0, 0.1) is 25.7 Å². The molecule has 1 aromatic heterocycles. The number of alkyl halides is 3. The summed E-state index contributed by atoms with van der Waals surface area (Å²) < 4.78 is 42.3. The second-order valence-corrected chi connectivity index (χ2v) is 13.4. The molecule has 0 spiro atoms. The summed E-state index contributed by atoms with van der Waals surface area (Å²) >= 11 is 0. The number of anilines is 4. The minimum atomic E-state index is -4.57. The summed E-state index contributed by atoms with van der Waals surface area (Å²) in [6.45, 7) is 7.61. The number of nitrogens with zero attached hydrogens (tertiary/aromatic N) is 4. The maximum atomic E-state index is 14.1.